The zero-order valence-electron chi connectivity index (χ0n) is 9.68. The lowest BCUT2D eigenvalue weighted by molar-refractivity contribution is 0.101. The molecule has 0 aliphatic rings. The van der Waals surface area contributed by atoms with Gasteiger partial charge in [0.25, 0.3) is 10.1 Å². The number of carbonyl (C=O) groups is 2. The first-order chi connectivity index (χ1) is 7.77. The third-order valence-corrected chi connectivity index (χ3v) is 3.48. The molecule has 0 saturated heterocycles. The van der Waals surface area contributed by atoms with E-state index in [1.54, 1.807) is 0 Å². The molecular formula is C11H12O5S. The number of carbonyl (C=O) groups excluding carboxylic acids is 2. The Bertz CT molecular complexity index is 539. The predicted octanol–water partition coefficient (Wildman–Crippen LogP) is 1.43. The van der Waals surface area contributed by atoms with E-state index in [1.807, 2.05) is 0 Å². The van der Waals surface area contributed by atoms with E-state index in [-0.39, 0.29) is 27.6 Å². The van der Waals surface area contributed by atoms with Crippen molar-refractivity contribution in [3.05, 3.63) is 29.3 Å². The summed E-state index contributed by atoms with van der Waals surface area (Å²) in [6.45, 7) is 2.59. The number of benzene rings is 1. The first-order valence-electron chi connectivity index (χ1n) is 4.75. The van der Waals surface area contributed by atoms with Crippen LogP contribution in [0.4, 0.5) is 0 Å². The van der Waals surface area contributed by atoms with Crippen molar-refractivity contribution < 1.29 is 22.2 Å². The molecule has 0 saturated carbocycles. The molecule has 0 bridgehead atoms. The maximum absolute atomic E-state index is 11.5. The topological polar surface area (TPSA) is 77.5 Å². The van der Waals surface area contributed by atoms with Crippen LogP contribution in [-0.4, -0.2) is 27.1 Å². The second kappa shape index (κ2) is 4.77. The van der Waals surface area contributed by atoms with Gasteiger partial charge in [-0.15, -0.1) is 0 Å². The predicted molar refractivity (Wildman–Crippen MR) is 60.6 cm³/mol. The number of hydrogen-bond acceptors (Lipinski definition) is 5. The summed E-state index contributed by atoms with van der Waals surface area (Å²) >= 11 is 0. The second-order valence-electron chi connectivity index (χ2n) is 3.48. The Kier molecular flexibility index (Phi) is 3.79. The quantitative estimate of drug-likeness (QED) is 0.601. The molecule has 17 heavy (non-hydrogen) atoms. The van der Waals surface area contributed by atoms with Crippen LogP contribution in [0.5, 0.6) is 0 Å². The van der Waals surface area contributed by atoms with Crippen LogP contribution in [0, 0.1) is 0 Å². The Morgan fingerprint density at radius 2 is 1.41 bits per heavy atom. The highest BCUT2D eigenvalue weighted by atomic mass is 32.2. The minimum Gasteiger partial charge on any atom is -0.295 e. The number of hydrogen-bond donors (Lipinski definition) is 0. The first kappa shape index (κ1) is 13.5. The van der Waals surface area contributed by atoms with E-state index in [0.29, 0.717) is 0 Å². The molecule has 0 N–H and O–H groups in total. The molecule has 1 rings (SSSR count). The summed E-state index contributed by atoms with van der Waals surface area (Å²) in [6, 6.07) is 3.74. The molecule has 0 amide bonds. The van der Waals surface area contributed by atoms with E-state index in [4.69, 9.17) is 0 Å². The summed E-state index contributed by atoms with van der Waals surface area (Å²) in [5, 5.41) is 0. The van der Waals surface area contributed by atoms with E-state index >= 15 is 0 Å². The molecule has 0 heterocycles. The third-order valence-electron chi connectivity index (χ3n) is 2.23. The van der Waals surface area contributed by atoms with Gasteiger partial charge in [-0.1, -0.05) is 0 Å². The molecule has 0 aliphatic heterocycles. The first-order valence-corrected chi connectivity index (χ1v) is 6.16. The molecule has 6 heteroatoms. The van der Waals surface area contributed by atoms with Gasteiger partial charge in [0, 0.05) is 11.1 Å². The molecule has 5 nitrogen and oxygen atoms in total. The second-order valence-corrected chi connectivity index (χ2v) is 5.19. The van der Waals surface area contributed by atoms with Crippen LogP contribution in [0.1, 0.15) is 34.6 Å². The maximum Gasteiger partial charge on any atom is 0.296 e. The van der Waals surface area contributed by atoms with Gasteiger partial charge in [0.05, 0.1) is 12.0 Å². The minimum absolute atomic E-state index is 0.160. The van der Waals surface area contributed by atoms with Crippen LogP contribution in [0.15, 0.2) is 23.1 Å². The van der Waals surface area contributed by atoms with Gasteiger partial charge in [0.15, 0.2) is 11.6 Å². The fourth-order valence-electron chi connectivity index (χ4n) is 1.25. The fraction of sp³-hybridized carbons (Fsp3) is 0.273. The average Bonchev–Trinajstić information content (AvgIpc) is 2.28. The highest BCUT2D eigenvalue weighted by Gasteiger charge is 2.17. The van der Waals surface area contributed by atoms with Crippen molar-refractivity contribution in [2.75, 3.05) is 7.11 Å². The van der Waals surface area contributed by atoms with Gasteiger partial charge in [0.1, 0.15) is 0 Å². The van der Waals surface area contributed by atoms with Crippen LogP contribution in [0.2, 0.25) is 0 Å². The highest BCUT2D eigenvalue weighted by Crippen LogP contribution is 2.18. The van der Waals surface area contributed by atoms with Crippen molar-refractivity contribution in [3.8, 4) is 0 Å². The molecule has 1 aromatic carbocycles. The summed E-state index contributed by atoms with van der Waals surface area (Å²) in [4.78, 5) is 22.3. The van der Waals surface area contributed by atoms with Gasteiger partial charge < -0.3 is 0 Å². The molecule has 1 aromatic rings. The van der Waals surface area contributed by atoms with Crippen LogP contribution in [0.25, 0.3) is 0 Å². The van der Waals surface area contributed by atoms with E-state index < -0.39 is 10.1 Å². The molecule has 0 aliphatic carbocycles. The van der Waals surface area contributed by atoms with Gasteiger partial charge >= 0.3 is 0 Å². The molecule has 0 radical (unpaired) electrons. The average molecular weight is 256 g/mol. The summed E-state index contributed by atoms with van der Waals surface area (Å²) in [5.74, 6) is -0.638. The number of Topliss-reactive ketones (excluding diaryl/α,β-unsaturated/α-hetero) is 2. The van der Waals surface area contributed by atoms with E-state index in [0.717, 1.165) is 7.11 Å². The van der Waals surface area contributed by atoms with E-state index in [1.165, 1.54) is 32.0 Å². The Morgan fingerprint density at radius 1 is 1.00 bits per heavy atom. The molecule has 0 unspecified atom stereocenters. The Morgan fingerprint density at radius 3 is 1.71 bits per heavy atom. The largest absolute Gasteiger partial charge is 0.296 e. The summed E-state index contributed by atoms with van der Waals surface area (Å²) in [6.07, 6.45) is 0. The molecule has 0 aromatic heterocycles. The van der Waals surface area contributed by atoms with Crippen molar-refractivity contribution in [2.24, 2.45) is 0 Å². The third kappa shape index (κ3) is 2.98. The molecule has 92 valence electrons. The normalized spacial score (nSPS) is 11.2. The standard InChI is InChI=1S/C11H12O5S/c1-7(12)9-4-10(8(2)13)6-11(5-9)17(14,15)16-3/h4-6H,1-3H3. The smallest absolute Gasteiger partial charge is 0.295 e. The van der Waals surface area contributed by atoms with Crippen LogP contribution in [-0.2, 0) is 14.3 Å². The van der Waals surface area contributed by atoms with Gasteiger partial charge in [-0.3, -0.25) is 13.8 Å². The zero-order chi connectivity index (χ0) is 13.2. The number of rotatable bonds is 4. The van der Waals surface area contributed by atoms with Crippen molar-refractivity contribution in [3.63, 3.8) is 0 Å². The Balaban J connectivity index is 3.53. The Labute approximate surface area is 99.5 Å². The van der Waals surface area contributed by atoms with Gasteiger partial charge in [0.2, 0.25) is 0 Å². The lowest BCUT2D eigenvalue weighted by atomic mass is 10.1. The minimum atomic E-state index is -3.91. The SMILES string of the molecule is COS(=O)(=O)c1cc(C(C)=O)cc(C(C)=O)c1. The van der Waals surface area contributed by atoms with Gasteiger partial charge in [-0.25, -0.2) is 0 Å². The zero-order valence-corrected chi connectivity index (χ0v) is 10.5. The Hall–Kier alpha value is -1.53. The highest BCUT2D eigenvalue weighted by molar-refractivity contribution is 7.86. The lowest BCUT2D eigenvalue weighted by Gasteiger charge is -2.06. The number of ketones is 2. The lowest BCUT2D eigenvalue weighted by Crippen LogP contribution is -2.07. The van der Waals surface area contributed by atoms with E-state index in [2.05, 4.69) is 4.18 Å². The summed E-state index contributed by atoms with van der Waals surface area (Å²) in [7, 11) is -2.90. The maximum atomic E-state index is 11.5. The summed E-state index contributed by atoms with van der Waals surface area (Å²) < 4.78 is 27.4. The van der Waals surface area contributed by atoms with Crippen molar-refractivity contribution in [1.29, 1.82) is 0 Å². The van der Waals surface area contributed by atoms with Crippen LogP contribution in [0.3, 0.4) is 0 Å². The van der Waals surface area contributed by atoms with Crippen LogP contribution >= 0.6 is 0 Å². The van der Waals surface area contributed by atoms with Gasteiger partial charge in [-0.2, -0.15) is 8.42 Å². The molecule has 0 fully saturated rings. The van der Waals surface area contributed by atoms with Crippen molar-refractivity contribution in [1.82, 2.24) is 0 Å². The van der Waals surface area contributed by atoms with Crippen molar-refractivity contribution in [2.45, 2.75) is 18.7 Å². The van der Waals surface area contributed by atoms with Crippen molar-refractivity contribution >= 4 is 21.7 Å². The van der Waals surface area contributed by atoms with Gasteiger partial charge in [-0.05, 0) is 32.0 Å². The monoisotopic (exact) mass is 256 g/mol. The summed E-state index contributed by atoms with van der Waals surface area (Å²) in [5.41, 5.74) is 0.321. The van der Waals surface area contributed by atoms with E-state index in [9.17, 15) is 18.0 Å². The fourth-order valence-corrected chi connectivity index (χ4v) is 1.98. The molecule has 0 spiro atoms. The van der Waals surface area contributed by atoms with Crippen LogP contribution < -0.4 is 0 Å². The molecule has 0 atom stereocenters. The molecular weight excluding hydrogens is 244 g/mol.